The van der Waals surface area contributed by atoms with E-state index in [9.17, 15) is 4.79 Å². The summed E-state index contributed by atoms with van der Waals surface area (Å²) < 4.78 is 5.86. The van der Waals surface area contributed by atoms with E-state index in [4.69, 9.17) is 4.74 Å². The van der Waals surface area contributed by atoms with E-state index in [0.717, 1.165) is 4.47 Å². The van der Waals surface area contributed by atoms with Crippen molar-refractivity contribution in [2.45, 2.75) is 6.92 Å². The highest BCUT2D eigenvalue weighted by atomic mass is 79.9. The Morgan fingerprint density at radius 1 is 1.42 bits per heavy atom. The van der Waals surface area contributed by atoms with Gasteiger partial charge >= 0.3 is 5.97 Å². The van der Waals surface area contributed by atoms with Crippen LogP contribution in [-0.4, -0.2) is 5.97 Å². The van der Waals surface area contributed by atoms with Crippen molar-refractivity contribution in [1.82, 2.24) is 0 Å². The lowest BCUT2D eigenvalue weighted by Gasteiger charge is -2.00. The normalized spacial score (nSPS) is 9.50. The number of carbonyl (C=O) groups is 1. The Hall–Kier alpha value is -0.830. The molecule has 1 rings (SSSR count). The summed E-state index contributed by atoms with van der Waals surface area (Å²) in [5.41, 5.74) is 0. The van der Waals surface area contributed by atoms with Crippen LogP contribution in [0.2, 0.25) is 0 Å². The van der Waals surface area contributed by atoms with E-state index in [1.165, 1.54) is 6.42 Å². The Labute approximate surface area is 79.7 Å². The Bertz CT molecular complexity index is 266. The predicted molar refractivity (Wildman–Crippen MR) is 49.8 cm³/mol. The van der Waals surface area contributed by atoms with Gasteiger partial charge in [0.2, 0.25) is 0 Å². The number of carbonyl (C=O) groups excluding carboxylic acids is 1. The molecule has 0 aromatic heterocycles. The third-order valence-electron chi connectivity index (χ3n) is 1.27. The monoisotopic (exact) mass is 227 g/mol. The molecule has 2 nitrogen and oxygen atoms in total. The van der Waals surface area contributed by atoms with E-state index in [0.29, 0.717) is 5.75 Å². The molecule has 0 amide bonds. The molecule has 0 bridgehead atoms. The first-order valence-electron chi connectivity index (χ1n) is 3.49. The van der Waals surface area contributed by atoms with Gasteiger partial charge in [-0.3, -0.25) is 4.79 Å². The van der Waals surface area contributed by atoms with Crippen molar-refractivity contribution in [2.24, 2.45) is 0 Å². The van der Waals surface area contributed by atoms with Gasteiger partial charge in [0, 0.05) is 4.47 Å². The minimum atomic E-state index is -0.336. The van der Waals surface area contributed by atoms with Gasteiger partial charge in [0.15, 0.2) is 0 Å². The highest BCUT2D eigenvalue weighted by molar-refractivity contribution is 9.10. The molecule has 1 aromatic carbocycles. The maximum absolute atomic E-state index is 10.8. The van der Waals surface area contributed by atoms with Gasteiger partial charge in [-0.05, 0) is 24.3 Å². The molecule has 1 radical (unpaired) electrons. The Morgan fingerprint density at radius 2 is 2.00 bits per heavy atom. The van der Waals surface area contributed by atoms with E-state index in [-0.39, 0.29) is 5.97 Å². The van der Waals surface area contributed by atoms with Gasteiger partial charge in [-0.2, -0.15) is 0 Å². The van der Waals surface area contributed by atoms with Gasteiger partial charge in [-0.15, -0.1) is 0 Å². The Morgan fingerprint density at radius 3 is 2.50 bits per heavy atom. The topological polar surface area (TPSA) is 26.3 Å². The predicted octanol–water partition coefficient (Wildman–Crippen LogP) is 2.58. The molecule has 0 fully saturated rings. The molecule has 0 aliphatic rings. The fourth-order valence-corrected chi connectivity index (χ4v) is 0.942. The third-order valence-corrected chi connectivity index (χ3v) is 1.80. The molecule has 0 unspecified atom stereocenters. The SMILES string of the molecule is C[CH]C(=O)Oc1ccc(Br)cc1. The quantitative estimate of drug-likeness (QED) is 0.574. The van der Waals surface area contributed by atoms with Crippen molar-refractivity contribution in [2.75, 3.05) is 0 Å². The summed E-state index contributed by atoms with van der Waals surface area (Å²) in [6.07, 6.45) is 1.38. The first kappa shape index (κ1) is 9.26. The number of benzene rings is 1. The third kappa shape index (κ3) is 2.66. The van der Waals surface area contributed by atoms with Crippen LogP contribution in [0.4, 0.5) is 0 Å². The smallest absolute Gasteiger partial charge is 0.314 e. The summed E-state index contributed by atoms with van der Waals surface area (Å²) in [5.74, 6) is 0.221. The van der Waals surface area contributed by atoms with Crippen LogP contribution in [-0.2, 0) is 4.79 Å². The molecule has 3 heteroatoms. The van der Waals surface area contributed by atoms with E-state index < -0.39 is 0 Å². The zero-order chi connectivity index (χ0) is 8.97. The van der Waals surface area contributed by atoms with Crippen molar-refractivity contribution in [3.8, 4) is 5.75 Å². The minimum absolute atomic E-state index is 0.336. The van der Waals surface area contributed by atoms with Crippen molar-refractivity contribution in [3.63, 3.8) is 0 Å². The maximum Gasteiger partial charge on any atom is 0.314 e. The summed E-state index contributed by atoms with van der Waals surface area (Å²) in [7, 11) is 0. The largest absolute Gasteiger partial charge is 0.426 e. The molecule has 0 spiro atoms. The second-order valence-electron chi connectivity index (χ2n) is 2.16. The van der Waals surface area contributed by atoms with E-state index in [1.807, 2.05) is 12.1 Å². The molecule has 0 aliphatic carbocycles. The number of esters is 1. The Balaban J connectivity index is 2.64. The molecule has 0 atom stereocenters. The van der Waals surface area contributed by atoms with E-state index in [2.05, 4.69) is 15.9 Å². The zero-order valence-corrected chi connectivity index (χ0v) is 8.17. The Kier molecular flexibility index (Phi) is 3.29. The maximum atomic E-state index is 10.8. The fraction of sp³-hybridized carbons (Fsp3) is 0.111. The van der Waals surface area contributed by atoms with E-state index >= 15 is 0 Å². The van der Waals surface area contributed by atoms with Crippen LogP contribution in [0, 0.1) is 6.42 Å². The number of ether oxygens (including phenoxy) is 1. The molecule has 12 heavy (non-hydrogen) atoms. The highest BCUT2D eigenvalue weighted by Gasteiger charge is 2.00. The van der Waals surface area contributed by atoms with Gasteiger partial charge in [0.25, 0.3) is 0 Å². The van der Waals surface area contributed by atoms with Crippen LogP contribution in [0.25, 0.3) is 0 Å². The second-order valence-corrected chi connectivity index (χ2v) is 3.08. The summed E-state index contributed by atoms with van der Waals surface area (Å²) >= 11 is 3.28. The van der Waals surface area contributed by atoms with Gasteiger partial charge in [0.1, 0.15) is 5.75 Å². The number of hydrogen-bond acceptors (Lipinski definition) is 2. The lowest BCUT2D eigenvalue weighted by molar-refractivity contribution is -0.130. The molecule has 1 aromatic rings. The van der Waals surface area contributed by atoms with E-state index in [1.54, 1.807) is 19.1 Å². The summed E-state index contributed by atoms with van der Waals surface area (Å²) in [5, 5.41) is 0. The average Bonchev–Trinajstić information content (AvgIpc) is 2.09. The highest BCUT2D eigenvalue weighted by Crippen LogP contribution is 2.16. The molecular weight excluding hydrogens is 220 g/mol. The van der Waals surface area contributed by atoms with Gasteiger partial charge in [0.05, 0.1) is 6.42 Å². The van der Waals surface area contributed by atoms with Crippen molar-refractivity contribution >= 4 is 21.9 Å². The minimum Gasteiger partial charge on any atom is -0.426 e. The van der Waals surface area contributed by atoms with Gasteiger partial charge in [-0.25, -0.2) is 0 Å². The fourth-order valence-electron chi connectivity index (χ4n) is 0.678. The molecule has 0 heterocycles. The first-order chi connectivity index (χ1) is 5.72. The van der Waals surface area contributed by atoms with Crippen LogP contribution in [0.3, 0.4) is 0 Å². The van der Waals surface area contributed by atoms with Crippen molar-refractivity contribution in [1.29, 1.82) is 0 Å². The number of rotatable bonds is 2. The molecule has 0 N–H and O–H groups in total. The van der Waals surface area contributed by atoms with Crippen LogP contribution in [0.15, 0.2) is 28.7 Å². The van der Waals surface area contributed by atoms with Crippen LogP contribution < -0.4 is 4.74 Å². The summed E-state index contributed by atoms with van der Waals surface area (Å²) in [4.78, 5) is 10.8. The molecule has 0 saturated heterocycles. The molecular formula is C9H8BrO2. The second kappa shape index (κ2) is 4.26. The van der Waals surface area contributed by atoms with Crippen molar-refractivity contribution in [3.05, 3.63) is 35.2 Å². The average molecular weight is 228 g/mol. The van der Waals surface area contributed by atoms with Gasteiger partial charge < -0.3 is 4.74 Å². The summed E-state index contributed by atoms with van der Waals surface area (Å²) in [6.45, 7) is 1.64. The first-order valence-corrected chi connectivity index (χ1v) is 4.28. The zero-order valence-electron chi connectivity index (χ0n) is 6.58. The number of halogens is 1. The van der Waals surface area contributed by atoms with Gasteiger partial charge in [-0.1, -0.05) is 22.9 Å². The molecule has 0 aliphatic heterocycles. The van der Waals surface area contributed by atoms with Crippen LogP contribution in [0.1, 0.15) is 6.92 Å². The standard InChI is InChI=1S/C9H8BrO2/c1-2-9(11)12-8-5-3-7(10)4-6-8/h2-6H,1H3. The lowest BCUT2D eigenvalue weighted by atomic mass is 10.3. The molecule has 0 saturated carbocycles. The molecule has 63 valence electrons. The van der Waals surface area contributed by atoms with Crippen LogP contribution >= 0.6 is 15.9 Å². The lowest BCUT2D eigenvalue weighted by Crippen LogP contribution is -2.05. The van der Waals surface area contributed by atoms with Crippen molar-refractivity contribution < 1.29 is 9.53 Å². The summed E-state index contributed by atoms with van der Waals surface area (Å²) in [6, 6.07) is 7.09. The van der Waals surface area contributed by atoms with Crippen LogP contribution in [0.5, 0.6) is 5.75 Å². The number of hydrogen-bond donors (Lipinski definition) is 0.